The fourth-order valence-corrected chi connectivity index (χ4v) is 4.01. The topological polar surface area (TPSA) is 93.1 Å². The van der Waals surface area contributed by atoms with E-state index in [2.05, 4.69) is 22.5 Å². The molecule has 0 saturated heterocycles. The molecule has 29 heavy (non-hydrogen) atoms. The largest absolute Gasteiger partial charge is 0.355 e. The van der Waals surface area contributed by atoms with E-state index in [9.17, 15) is 14.4 Å². The van der Waals surface area contributed by atoms with Gasteiger partial charge in [0, 0.05) is 12.2 Å². The second-order valence-electron chi connectivity index (χ2n) is 6.77. The summed E-state index contributed by atoms with van der Waals surface area (Å²) in [6.07, 6.45) is 3.11. The number of nitrogens with zero attached hydrogens (tertiary/aromatic N) is 2. The molecule has 3 aromatic rings. The Morgan fingerprint density at radius 3 is 2.55 bits per heavy atom. The van der Waals surface area contributed by atoms with Gasteiger partial charge in [-0.05, 0) is 43.0 Å². The number of benzene rings is 1. The Kier molecular flexibility index (Phi) is 6.43. The molecule has 1 aromatic carbocycles. The molecule has 0 unspecified atom stereocenters. The molecule has 2 N–H and O–H groups in total. The Labute approximate surface area is 172 Å². The van der Waals surface area contributed by atoms with Crippen molar-refractivity contribution in [2.24, 2.45) is 0 Å². The summed E-state index contributed by atoms with van der Waals surface area (Å²) in [4.78, 5) is 42.8. The summed E-state index contributed by atoms with van der Waals surface area (Å²) >= 11 is 1.18. The van der Waals surface area contributed by atoms with Gasteiger partial charge < -0.3 is 10.6 Å². The van der Waals surface area contributed by atoms with Crippen molar-refractivity contribution in [3.05, 3.63) is 57.0 Å². The van der Waals surface area contributed by atoms with Crippen molar-refractivity contribution in [1.29, 1.82) is 0 Å². The SMILES string of the molecule is CCCNC(=O)Cn1cnc2sc(C(=O)Nc3ccc(CC)cc3)c(C)c2c1=O. The number of thiophene rings is 1. The average Bonchev–Trinajstić information content (AvgIpc) is 3.06. The van der Waals surface area contributed by atoms with Crippen LogP contribution in [0, 0.1) is 6.92 Å². The number of fused-ring (bicyclic) bond motifs is 1. The van der Waals surface area contributed by atoms with Gasteiger partial charge in [-0.1, -0.05) is 26.0 Å². The first kappa shape index (κ1) is 20.7. The number of nitrogens with one attached hydrogen (secondary N) is 2. The Hall–Kier alpha value is -3.00. The zero-order chi connectivity index (χ0) is 21.0. The lowest BCUT2D eigenvalue weighted by Crippen LogP contribution is -2.32. The first-order valence-corrected chi connectivity index (χ1v) is 10.4. The molecule has 0 spiro atoms. The fourth-order valence-electron chi connectivity index (χ4n) is 2.98. The number of carbonyl (C=O) groups is 2. The van der Waals surface area contributed by atoms with Crippen molar-refractivity contribution in [3.63, 3.8) is 0 Å². The highest BCUT2D eigenvalue weighted by atomic mass is 32.1. The lowest BCUT2D eigenvalue weighted by Gasteiger charge is -2.06. The summed E-state index contributed by atoms with van der Waals surface area (Å²) in [5.74, 6) is -0.516. The van der Waals surface area contributed by atoms with Crippen LogP contribution in [0.5, 0.6) is 0 Å². The minimum absolute atomic E-state index is 0.0949. The van der Waals surface area contributed by atoms with E-state index in [1.807, 2.05) is 31.2 Å². The van der Waals surface area contributed by atoms with Gasteiger partial charge in [-0.15, -0.1) is 11.3 Å². The number of aryl methyl sites for hydroxylation is 2. The lowest BCUT2D eigenvalue weighted by atomic mass is 10.1. The summed E-state index contributed by atoms with van der Waals surface area (Å²) in [5, 5.41) is 5.99. The number of hydrogen-bond acceptors (Lipinski definition) is 5. The molecule has 0 radical (unpaired) electrons. The van der Waals surface area contributed by atoms with Gasteiger partial charge in [-0.2, -0.15) is 0 Å². The molecule has 7 nitrogen and oxygen atoms in total. The zero-order valence-corrected chi connectivity index (χ0v) is 17.6. The minimum atomic E-state index is -0.318. The van der Waals surface area contributed by atoms with Gasteiger partial charge >= 0.3 is 0 Å². The van der Waals surface area contributed by atoms with Crippen LogP contribution in [0.25, 0.3) is 10.2 Å². The highest BCUT2D eigenvalue weighted by Gasteiger charge is 2.20. The number of aromatic nitrogens is 2. The Morgan fingerprint density at radius 2 is 1.90 bits per heavy atom. The minimum Gasteiger partial charge on any atom is -0.355 e. The summed E-state index contributed by atoms with van der Waals surface area (Å²) in [7, 11) is 0. The molecule has 0 bridgehead atoms. The van der Waals surface area contributed by atoms with Gasteiger partial charge in [-0.25, -0.2) is 4.98 Å². The lowest BCUT2D eigenvalue weighted by molar-refractivity contribution is -0.121. The number of amides is 2. The smallest absolute Gasteiger partial charge is 0.266 e. The van der Waals surface area contributed by atoms with E-state index < -0.39 is 0 Å². The summed E-state index contributed by atoms with van der Waals surface area (Å²) in [5.41, 5.74) is 2.14. The second-order valence-corrected chi connectivity index (χ2v) is 7.77. The molecule has 3 rings (SSSR count). The molecular formula is C21H24N4O3S. The molecule has 8 heteroatoms. The van der Waals surface area contributed by atoms with E-state index in [0.717, 1.165) is 12.8 Å². The van der Waals surface area contributed by atoms with Gasteiger partial charge in [0.1, 0.15) is 11.4 Å². The first-order chi connectivity index (χ1) is 13.9. The van der Waals surface area contributed by atoms with Crippen molar-refractivity contribution in [2.45, 2.75) is 40.2 Å². The van der Waals surface area contributed by atoms with E-state index in [0.29, 0.717) is 32.9 Å². The van der Waals surface area contributed by atoms with E-state index in [1.165, 1.54) is 27.8 Å². The van der Waals surface area contributed by atoms with Gasteiger partial charge in [0.25, 0.3) is 11.5 Å². The van der Waals surface area contributed by atoms with Crippen molar-refractivity contribution < 1.29 is 9.59 Å². The van der Waals surface area contributed by atoms with Crippen LogP contribution in [0.15, 0.2) is 35.4 Å². The standard InChI is InChI=1S/C21H24N4O3S/c1-4-10-22-16(26)11-25-12-23-20-17(21(25)28)13(3)18(29-20)19(27)24-15-8-6-14(5-2)7-9-15/h6-9,12H,4-5,10-11H2,1-3H3,(H,22,26)(H,24,27). The third-order valence-electron chi connectivity index (χ3n) is 4.63. The number of anilines is 1. The van der Waals surface area contributed by atoms with Gasteiger partial charge in [0.05, 0.1) is 16.6 Å². The van der Waals surface area contributed by atoms with Gasteiger partial charge in [0.2, 0.25) is 5.91 Å². The molecule has 0 saturated carbocycles. The average molecular weight is 413 g/mol. The third kappa shape index (κ3) is 4.54. The number of carbonyl (C=O) groups excluding carboxylic acids is 2. The van der Waals surface area contributed by atoms with Crippen LogP contribution in [0.3, 0.4) is 0 Å². The molecule has 0 aliphatic carbocycles. The fraction of sp³-hybridized carbons (Fsp3) is 0.333. The maximum absolute atomic E-state index is 12.8. The van der Waals surface area contributed by atoms with E-state index in [4.69, 9.17) is 0 Å². The van der Waals surface area contributed by atoms with Crippen LogP contribution in [-0.4, -0.2) is 27.9 Å². The number of rotatable bonds is 7. The van der Waals surface area contributed by atoms with Crippen molar-refractivity contribution in [3.8, 4) is 0 Å². The van der Waals surface area contributed by atoms with Crippen LogP contribution in [0.1, 0.15) is 41.1 Å². The van der Waals surface area contributed by atoms with Crippen LogP contribution in [0.2, 0.25) is 0 Å². The van der Waals surface area contributed by atoms with Crippen molar-refractivity contribution in [1.82, 2.24) is 14.9 Å². The predicted octanol–water partition coefficient (Wildman–Crippen LogP) is 3.11. The molecule has 0 aliphatic heterocycles. The highest BCUT2D eigenvalue weighted by molar-refractivity contribution is 7.20. The number of hydrogen-bond donors (Lipinski definition) is 2. The van der Waals surface area contributed by atoms with Crippen molar-refractivity contribution in [2.75, 3.05) is 11.9 Å². The van der Waals surface area contributed by atoms with Gasteiger partial charge in [0.15, 0.2) is 0 Å². The maximum atomic E-state index is 12.8. The Bertz CT molecular complexity index is 1100. The van der Waals surface area contributed by atoms with E-state index in [-0.39, 0.29) is 23.9 Å². The summed E-state index contributed by atoms with van der Waals surface area (Å²) in [6, 6.07) is 7.66. The van der Waals surface area contributed by atoms with Crippen LogP contribution in [0.4, 0.5) is 5.69 Å². The normalized spacial score (nSPS) is 10.9. The molecular weight excluding hydrogens is 388 g/mol. The highest BCUT2D eigenvalue weighted by Crippen LogP contribution is 2.27. The molecule has 0 aliphatic rings. The molecule has 2 aromatic heterocycles. The summed E-state index contributed by atoms with van der Waals surface area (Å²) < 4.78 is 1.28. The molecule has 2 amide bonds. The van der Waals surface area contributed by atoms with E-state index >= 15 is 0 Å². The van der Waals surface area contributed by atoms with Crippen LogP contribution >= 0.6 is 11.3 Å². The quantitative estimate of drug-likeness (QED) is 0.624. The van der Waals surface area contributed by atoms with Gasteiger partial charge in [-0.3, -0.25) is 19.0 Å². The zero-order valence-electron chi connectivity index (χ0n) is 16.7. The third-order valence-corrected chi connectivity index (χ3v) is 5.83. The van der Waals surface area contributed by atoms with Crippen molar-refractivity contribution >= 4 is 39.1 Å². The van der Waals surface area contributed by atoms with E-state index in [1.54, 1.807) is 6.92 Å². The Morgan fingerprint density at radius 1 is 1.17 bits per heavy atom. The Balaban J connectivity index is 1.86. The summed E-state index contributed by atoms with van der Waals surface area (Å²) in [6.45, 7) is 6.23. The molecule has 2 heterocycles. The monoisotopic (exact) mass is 412 g/mol. The molecule has 152 valence electrons. The predicted molar refractivity (Wildman–Crippen MR) is 116 cm³/mol. The first-order valence-electron chi connectivity index (χ1n) is 9.60. The second kappa shape index (κ2) is 9.00. The van der Waals surface area contributed by atoms with Crippen LogP contribution in [-0.2, 0) is 17.8 Å². The van der Waals surface area contributed by atoms with Crippen LogP contribution < -0.4 is 16.2 Å². The maximum Gasteiger partial charge on any atom is 0.266 e. The molecule has 0 atom stereocenters. The molecule has 0 fully saturated rings.